The number of nitrogens with one attached hydrogen (secondary N) is 1. The molecule has 1 N–H and O–H groups in total. The van der Waals surface area contributed by atoms with E-state index in [0.717, 1.165) is 6.26 Å². The first-order valence-electron chi connectivity index (χ1n) is 5.40. The lowest BCUT2D eigenvalue weighted by Crippen LogP contribution is -1.98. The lowest BCUT2D eigenvalue weighted by Gasteiger charge is -1.96. The van der Waals surface area contributed by atoms with Gasteiger partial charge in [0, 0.05) is 41.1 Å². The molecule has 0 unspecified atom stereocenters. The molecule has 20 heavy (non-hydrogen) atoms. The van der Waals surface area contributed by atoms with Crippen molar-refractivity contribution >= 4 is 32.5 Å². The molecule has 2 rings (SSSR count). The minimum Gasteiger partial charge on any atom is -0.361 e. The fourth-order valence-corrected chi connectivity index (χ4v) is 2.23. The average molecular weight is 291 g/mol. The first-order valence-corrected chi connectivity index (χ1v) is 7.29. The average Bonchev–Trinajstić information content (AvgIpc) is 2.76. The van der Waals surface area contributed by atoms with Crippen LogP contribution in [0.1, 0.15) is 5.56 Å². The van der Waals surface area contributed by atoms with Crippen molar-refractivity contribution in [2.45, 2.75) is 0 Å². The van der Waals surface area contributed by atoms with Crippen molar-refractivity contribution in [3.8, 4) is 6.07 Å². The molecular weight excluding hydrogens is 282 g/mol. The number of allylic oxidation sites excluding steroid dienone is 1. The monoisotopic (exact) mass is 291 g/mol. The Labute approximate surface area is 114 Å². The minimum atomic E-state index is -3.63. The van der Waals surface area contributed by atoms with Crippen molar-refractivity contribution in [2.24, 2.45) is 0 Å². The Morgan fingerprint density at radius 3 is 2.75 bits per heavy atom. The van der Waals surface area contributed by atoms with E-state index in [1.807, 2.05) is 0 Å². The predicted molar refractivity (Wildman–Crippen MR) is 73.4 cm³/mol. The van der Waals surface area contributed by atoms with Crippen LogP contribution in [0.3, 0.4) is 0 Å². The van der Waals surface area contributed by atoms with Gasteiger partial charge in [0.1, 0.15) is 11.0 Å². The van der Waals surface area contributed by atoms with Gasteiger partial charge in [-0.3, -0.25) is 10.1 Å². The van der Waals surface area contributed by atoms with Crippen molar-refractivity contribution in [3.05, 3.63) is 45.0 Å². The number of H-pyrrole nitrogens is 1. The van der Waals surface area contributed by atoms with Crippen LogP contribution < -0.4 is 0 Å². The molecule has 1 aromatic carbocycles. The highest BCUT2D eigenvalue weighted by Crippen LogP contribution is 2.25. The number of fused-ring (bicyclic) bond motifs is 1. The molecule has 2 aromatic rings. The maximum absolute atomic E-state index is 11.4. The second kappa shape index (κ2) is 4.79. The van der Waals surface area contributed by atoms with Crippen LogP contribution >= 0.6 is 0 Å². The summed E-state index contributed by atoms with van der Waals surface area (Å²) in [5, 5.41) is 20.1. The standard InChI is InChI=1S/C12H9N3O4S/c1-20(18,19)10(6-13)4-8-7-14-12-3-2-9(15(16)17)5-11(8)12/h2-5,7,14H,1H3. The Morgan fingerprint density at radius 1 is 1.50 bits per heavy atom. The molecule has 102 valence electrons. The molecule has 1 heterocycles. The van der Waals surface area contributed by atoms with Gasteiger partial charge in [0.15, 0.2) is 9.84 Å². The predicted octanol–water partition coefficient (Wildman–Crippen LogP) is 1.99. The molecule has 0 saturated carbocycles. The summed E-state index contributed by atoms with van der Waals surface area (Å²) < 4.78 is 22.8. The molecule has 0 aliphatic heterocycles. The summed E-state index contributed by atoms with van der Waals surface area (Å²) in [6.07, 6.45) is 3.62. The maximum Gasteiger partial charge on any atom is 0.270 e. The van der Waals surface area contributed by atoms with Crippen LogP contribution in [0, 0.1) is 21.4 Å². The zero-order valence-electron chi connectivity index (χ0n) is 10.3. The SMILES string of the molecule is CS(=O)(=O)C(C#N)=Cc1c[nH]c2ccc([N+](=O)[O-])cc12. The number of rotatable bonds is 3. The number of nitro benzene ring substituents is 1. The number of non-ortho nitro benzene ring substituents is 1. The van der Waals surface area contributed by atoms with Crippen LogP contribution in [0.25, 0.3) is 17.0 Å². The normalized spacial score (nSPS) is 12.3. The number of nitriles is 1. The summed E-state index contributed by atoms with van der Waals surface area (Å²) in [5.41, 5.74) is 0.919. The number of nitro groups is 1. The van der Waals surface area contributed by atoms with Gasteiger partial charge in [-0.1, -0.05) is 0 Å². The molecule has 0 radical (unpaired) electrons. The van der Waals surface area contributed by atoms with Crippen LogP contribution in [-0.2, 0) is 9.84 Å². The fraction of sp³-hybridized carbons (Fsp3) is 0.0833. The Morgan fingerprint density at radius 2 is 2.20 bits per heavy atom. The number of aromatic amines is 1. The van der Waals surface area contributed by atoms with E-state index >= 15 is 0 Å². The Bertz CT molecular complexity index is 872. The van der Waals surface area contributed by atoms with E-state index in [9.17, 15) is 18.5 Å². The van der Waals surface area contributed by atoms with Gasteiger partial charge in [-0.25, -0.2) is 8.42 Å². The van der Waals surface area contributed by atoms with Crippen LogP contribution in [0.5, 0.6) is 0 Å². The zero-order chi connectivity index (χ0) is 14.9. The summed E-state index contributed by atoms with van der Waals surface area (Å²) in [5.74, 6) is 0. The van der Waals surface area contributed by atoms with Crippen molar-refractivity contribution in [1.29, 1.82) is 5.26 Å². The molecule has 0 atom stereocenters. The summed E-state index contributed by atoms with van der Waals surface area (Å²) in [7, 11) is -3.63. The molecule has 0 aliphatic carbocycles. The molecule has 0 saturated heterocycles. The fourth-order valence-electron chi connectivity index (χ4n) is 1.73. The van der Waals surface area contributed by atoms with E-state index in [1.165, 1.54) is 30.5 Å². The quantitative estimate of drug-likeness (QED) is 0.527. The topological polar surface area (TPSA) is 117 Å². The van der Waals surface area contributed by atoms with E-state index in [2.05, 4.69) is 4.98 Å². The van der Waals surface area contributed by atoms with E-state index in [-0.39, 0.29) is 5.69 Å². The third kappa shape index (κ3) is 2.53. The number of benzene rings is 1. The summed E-state index contributed by atoms with van der Waals surface area (Å²) in [6.45, 7) is 0. The molecule has 0 fully saturated rings. The van der Waals surface area contributed by atoms with E-state index in [1.54, 1.807) is 6.07 Å². The highest BCUT2D eigenvalue weighted by atomic mass is 32.2. The number of sulfone groups is 1. The van der Waals surface area contributed by atoms with Crippen LogP contribution in [0.15, 0.2) is 29.3 Å². The van der Waals surface area contributed by atoms with Crippen LogP contribution in [0.2, 0.25) is 0 Å². The highest BCUT2D eigenvalue weighted by Gasteiger charge is 2.14. The van der Waals surface area contributed by atoms with E-state index in [4.69, 9.17) is 5.26 Å². The molecule has 8 heteroatoms. The summed E-state index contributed by atoms with van der Waals surface area (Å²) in [6, 6.07) is 5.80. The van der Waals surface area contributed by atoms with Gasteiger partial charge in [-0.05, 0) is 12.1 Å². The van der Waals surface area contributed by atoms with Crippen LogP contribution in [0.4, 0.5) is 5.69 Å². The number of hydrogen-bond acceptors (Lipinski definition) is 5. The van der Waals surface area contributed by atoms with E-state index < -0.39 is 19.7 Å². The first kappa shape index (κ1) is 13.8. The van der Waals surface area contributed by atoms with Gasteiger partial charge in [0.2, 0.25) is 0 Å². The number of aromatic nitrogens is 1. The summed E-state index contributed by atoms with van der Waals surface area (Å²) in [4.78, 5) is 12.7. The Kier molecular flexibility index (Phi) is 3.29. The van der Waals surface area contributed by atoms with Crippen molar-refractivity contribution < 1.29 is 13.3 Å². The van der Waals surface area contributed by atoms with Gasteiger partial charge in [0.05, 0.1) is 4.92 Å². The Balaban J connectivity index is 2.67. The largest absolute Gasteiger partial charge is 0.361 e. The third-order valence-corrected chi connectivity index (χ3v) is 3.71. The van der Waals surface area contributed by atoms with Gasteiger partial charge >= 0.3 is 0 Å². The molecular formula is C12H9N3O4S. The second-order valence-corrected chi connectivity index (χ2v) is 6.11. The first-order chi connectivity index (χ1) is 9.32. The minimum absolute atomic E-state index is 0.107. The number of nitrogens with zero attached hydrogens (tertiary/aromatic N) is 2. The lowest BCUT2D eigenvalue weighted by atomic mass is 10.1. The van der Waals surface area contributed by atoms with E-state index in [0.29, 0.717) is 16.5 Å². The van der Waals surface area contributed by atoms with Crippen molar-refractivity contribution in [1.82, 2.24) is 4.98 Å². The number of hydrogen-bond donors (Lipinski definition) is 1. The molecule has 1 aromatic heterocycles. The summed E-state index contributed by atoms with van der Waals surface area (Å²) >= 11 is 0. The molecule has 7 nitrogen and oxygen atoms in total. The molecule has 0 aliphatic rings. The van der Waals surface area contributed by atoms with Gasteiger partial charge < -0.3 is 4.98 Å². The lowest BCUT2D eigenvalue weighted by molar-refractivity contribution is -0.384. The highest BCUT2D eigenvalue weighted by molar-refractivity contribution is 7.95. The second-order valence-electron chi connectivity index (χ2n) is 4.12. The third-order valence-electron chi connectivity index (χ3n) is 2.70. The van der Waals surface area contributed by atoms with Crippen molar-refractivity contribution in [2.75, 3.05) is 6.26 Å². The zero-order valence-corrected chi connectivity index (χ0v) is 11.1. The van der Waals surface area contributed by atoms with Gasteiger partial charge in [-0.2, -0.15) is 5.26 Å². The molecule has 0 spiro atoms. The molecule has 0 amide bonds. The molecule has 0 bridgehead atoms. The van der Waals surface area contributed by atoms with Crippen molar-refractivity contribution in [3.63, 3.8) is 0 Å². The van der Waals surface area contributed by atoms with Gasteiger partial charge in [0.25, 0.3) is 5.69 Å². The Hall–Kier alpha value is -2.66. The van der Waals surface area contributed by atoms with Gasteiger partial charge in [-0.15, -0.1) is 0 Å². The smallest absolute Gasteiger partial charge is 0.270 e. The van der Waals surface area contributed by atoms with Crippen LogP contribution in [-0.4, -0.2) is 24.6 Å². The maximum atomic E-state index is 11.4.